The monoisotopic (exact) mass is 310 g/mol. The number of rotatable bonds is 6. The molecule has 1 heterocycles. The van der Waals surface area contributed by atoms with E-state index in [2.05, 4.69) is 11.6 Å². The number of nitrogens with one attached hydrogen (secondary N) is 1. The largest absolute Gasteiger partial charge is 0.326 e. The number of hydrogen-bond acceptors (Lipinski definition) is 4. The molecule has 20 heavy (non-hydrogen) atoms. The highest BCUT2D eigenvalue weighted by Crippen LogP contribution is 2.24. The Bertz CT molecular complexity index is 661. The molecule has 0 saturated carbocycles. The van der Waals surface area contributed by atoms with Gasteiger partial charge in [-0.1, -0.05) is 25.5 Å². The fourth-order valence-corrected chi connectivity index (χ4v) is 4.35. The molecule has 0 aliphatic rings. The van der Waals surface area contributed by atoms with E-state index in [1.165, 1.54) is 16.9 Å². The highest BCUT2D eigenvalue weighted by molar-refractivity contribution is 7.93. The molecular weight excluding hydrogens is 292 g/mol. The Morgan fingerprint density at radius 1 is 1.20 bits per heavy atom. The van der Waals surface area contributed by atoms with Crippen molar-refractivity contribution in [3.8, 4) is 0 Å². The lowest BCUT2D eigenvalue weighted by Crippen LogP contribution is -2.14. The van der Waals surface area contributed by atoms with Gasteiger partial charge in [0.25, 0.3) is 10.0 Å². The van der Waals surface area contributed by atoms with E-state index < -0.39 is 10.0 Å². The van der Waals surface area contributed by atoms with Crippen molar-refractivity contribution in [2.75, 3.05) is 4.72 Å². The number of nitrogens with two attached hydrogens (primary N) is 1. The smallest absolute Gasteiger partial charge is 0.263 e. The quantitative estimate of drug-likeness (QED) is 0.861. The van der Waals surface area contributed by atoms with E-state index in [1.54, 1.807) is 23.6 Å². The van der Waals surface area contributed by atoms with Crippen LogP contribution in [0.3, 0.4) is 0 Å². The summed E-state index contributed by atoms with van der Waals surface area (Å²) in [6.07, 6.45) is 2.06. The van der Waals surface area contributed by atoms with E-state index in [-0.39, 0.29) is 11.4 Å². The zero-order chi connectivity index (χ0) is 14.6. The molecule has 0 aliphatic heterocycles. The average molecular weight is 310 g/mol. The molecule has 0 aliphatic carbocycles. The lowest BCUT2D eigenvalue weighted by Gasteiger charge is -2.09. The highest BCUT2D eigenvalue weighted by atomic mass is 32.2. The number of thiophene rings is 1. The maximum Gasteiger partial charge on any atom is 0.263 e. The van der Waals surface area contributed by atoms with Crippen LogP contribution in [0.5, 0.6) is 0 Å². The molecule has 0 spiro atoms. The molecule has 2 rings (SSSR count). The van der Waals surface area contributed by atoms with E-state index in [0.29, 0.717) is 10.6 Å². The molecule has 1 aromatic carbocycles. The van der Waals surface area contributed by atoms with E-state index in [9.17, 15) is 8.42 Å². The summed E-state index contributed by atoms with van der Waals surface area (Å²) in [4.78, 5) is 0.933. The lowest BCUT2D eigenvalue weighted by molar-refractivity contribution is 0.600. The molecule has 3 N–H and O–H groups in total. The molecule has 0 atom stereocenters. The summed E-state index contributed by atoms with van der Waals surface area (Å²) in [5.74, 6) is 0. The molecule has 0 radical (unpaired) electrons. The first kappa shape index (κ1) is 15.0. The molecule has 0 bridgehead atoms. The van der Waals surface area contributed by atoms with Gasteiger partial charge in [0.1, 0.15) is 4.90 Å². The van der Waals surface area contributed by atoms with Crippen LogP contribution in [0.2, 0.25) is 0 Å². The van der Waals surface area contributed by atoms with Crippen molar-refractivity contribution in [1.29, 1.82) is 0 Å². The van der Waals surface area contributed by atoms with Crippen LogP contribution in [0, 0.1) is 0 Å². The van der Waals surface area contributed by atoms with Crippen LogP contribution in [-0.2, 0) is 23.0 Å². The van der Waals surface area contributed by atoms with Gasteiger partial charge in [-0.15, -0.1) is 11.3 Å². The van der Waals surface area contributed by atoms with Gasteiger partial charge < -0.3 is 5.73 Å². The van der Waals surface area contributed by atoms with Crippen molar-refractivity contribution in [2.45, 2.75) is 31.2 Å². The topological polar surface area (TPSA) is 72.2 Å². The molecule has 2 aromatic rings. The van der Waals surface area contributed by atoms with Crippen molar-refractivity contribution >= 4 is 27.0 Å². The summed E-state index contributed by atoms with van der Waals surface area (Å²) >= 11 is 1.35. The molecule has 4 nitrogen and oxygen atoms in total. The molecule has 0 unspecified atom stereocenters. The first-order chi connectivity index (χ1) is 9.56. The Kier molecular flexibility index (Phi) is 4.80. The third kappa shape index (κ3) is 3.39. The van der Waals surface area contributed by atoms with Gasteiger partial charge in [-0.2, -0.15) is 0 Å². The van der Waals surface area contributed by atoms with E-state index >= 15 is 0 Å². The Balaban J connectivity index is 2.20. The molecular formula is C14H18N2O2S2. The van der Waals surface area contributed by atoms with Crippen LogP contribution in [0.25, 0.3) is 0 Å². The number of hydrogen-bond donors (Lipinski definition) is 2. The second-order valence-electron chi connectivity index (χ2n) is 4.46. The molecule has 6 heteroatoms. The maximum absolute atomic E-state index is 12.3. The zero-order valence-electron chi connectivity index (χ0n) is 11.3. The third-order valence-corrected chi connectivity index (χ3v) is 5.46. The van der Waals surface area contributed by atoms with Gasteiger partial charge in [0.15, 0.2) is 0 Å². The van der Waals surface area contributed by atoms with E-state index in [1.807, 2.05) is 12.1 Å². The highest BCUT2D eigenvalue weighted by Gasteiger charge is 2.19. The fourth-order valence-electron chi connectivity index (χ4n) is 1.96. The first-order valence-electron chi connectivity index (χ1n) is 6.45. The van der Waals surface area contributed by atoms with Crippen LogP contribution in [0.15, 0.2) is 40.6 Å². The fraction of sp³-hybridized carbons (Fsp3) is 0.286. The number of anilines is 1. The van der Waals surface area contributed by atoms with Gasteiger partial charge in [0.05, 0.1) is 0 Å². The lowest BCUT2D eigenvalue weighted by atomic mass is 10.1. The Morgan fingerprint density at radius 3 is 2.50 bits per heavy atom. The molecule has 0 fully saturated rings. The van der Waals surface area contributed by atoms with Crippen molar-refractivity contribution in [1.82, 2.24) is 0 Å². The van der Waals surface area contributed by atoms with Crippen molar-refractivity contribution in [3.63, 3.8) is 0 Å². The number of aryl methyl sites for hydroxylation is 1. The first-order valence-corrected chi connectivity index (χ1v) is 8.81. The molecule has 0 amide bonds. The van der Waals surface area contributed by atoms with E-state index in [0.717, 1.165) is 12.8 Å². The van der Waals surface area contributed by atoms with Crippen LogP contribution in [0.4, 0.5) is 5.69 Å². The van der Waals surface area contributed by atoms with Crippen molar-refractivity contribution in [2.24, 2.45) is 5.73 Å². The average Bonchev–Trinajstić information content (AvgIpc) is 2.90. The second kappa shape index (κ2) is 6.39. The SMILES string of the molecule is CCCc1ccc(NS(=O)(=O)c2ccsc2CN)cc1. The number of benzene rings is 1. The summed E-state index contributed by atoms with van der Waals surface area (Å²) in [6.45, 7) is 2.34. The molecule has 1 aromatic heterocycles. The molecule has 0 saturated heterocycles. The summed E-state index contributed by atoms with van der Waals surface area (Å²) < 4.78 is 27.2. The van der Waals surface area contributed by atoms with Crippen molar-refractivity contribution in [3.05, 3.63) is 46.2 Å². The van der Waals surface area contributed by atoms with Gasteiger partial charge in [-0.05, 0) is 35.6 Å². The Hall–Kier alpha value is -1.37. The minimum Gasteiger partial charge on any atom is -0.326 e. The van der Waals surface area contributed by atoms with Gasteiger partial charge in [0, 0.05) is 17.1 Å². The van der Waals surface area contributed by atoms with Crippen LogP contribution in [-0.4, -0.2) is 8.42 Å². The van der Waals surface area contributed by atoms with Crippen LogP contribution >= 0.6 is 11.3 Å². The van der Waals surface area contributed by atoms with Crippen LogP contribution < -0.4 is 10.5 Å². The summed E-state index contributed by atoms with van der Waals surface area (Å²) in [7, 11) is -3.56. The zero-order valence-corrected chi connectivity index (χ0v) is 12.9. The van der Waals surface area contributed by atoms with E-state index in [4.69, 9.17) is 5.73 Å². The van der Waals surface area contributed by atoms with Gasteiger partial charge in [0.2, 0.25) is 0 Å². The Labute approximate surface area is 123 Å². The minimum atomic E-state index is -3.56. The second-order valence-corrected chi connectivity index (χ2v) is 7.12. The van der Waals surface area contributed by atoms with Crippen LogP contribution in [0.1, 0.15) is 23.8 Å². The predicted octanol–water partition coefficient (Wildman–Crippen LogP) is 2.96. The predicted molar refractivity (Wildman–Crippen MR) is 83.5 cm³/mol. The minimum absolute atomic E-state index is 0.226. The van der Waals surface area contributed by atoms with Gasteiger partial charge in [-0.25, -0.2) is 8.42 Å². The van der Waals surface area contributed by atoms with Gasteiger partial charge >= 0.3 is 0 Å². The summed E-state index contributed by atoms with van der Waals surface area (Å²) in [5, 5.41) is 1.74. The Morgan fingerprint density at radius 2 is 1.90 bits per heavy atom. The number of sulfonamides is 1. The maximum atomic E-state index is 12.3. The van der Waals surface area contributed by atoms with Crippen molar-refractivity contribution < 1.29 is 8.42 Å². The summed E-state index contributed by atoms with van der Waals surface area (Å²) in [5.41, 5.74) is 7.33. The normalized spacial score (nSPS) is 11.5. The summed E-state index contributed by atoms with van der Waals surface area (Å²) in [6, 6.07) is 9.05. The standard InChI is InChI=1S/C14H18N2O2S2/c1-2-3-11-4-6-12(7-5-11)16-20(17,18)14-8-9-19-13(14)10-15/h4-9,16H,2-3,10,15H2,1H3. The third-order valence-electron chi connectivity index (χ3n) is 2.92. The molecule has 108 valence electrons. The van der Waals surface area contributed by atoms with Gasteiger partial charge in [-0.3, -0.25) is 4.72 Å².